The van der Waals surface area contributed by atoms with Gasteiger partial charge in [-0.3, -0.25) is 0 Å². The molecule has 0 saturated heterocycles. The van der Waals surface area contributed by atoms with E-state index < -0.39 is 5.97 Å². The van der Waals surface area contributed by atoms with Crippen molar-refractivity contribution in [3.63, 3.8) is 0 Å². The Morgan fingerprint density at radius 2 is 1.87 bits per heavy atom. The average molecular weight is 324 g/mol. The van der Waals surface area contributed by atoms with Crippen LogP contribution >= 0.6 is 11.3 Å². The molecule has 0 radical (unpaired) electrons. The molecule has 0 aliphatic carbocycles. The molecule has 2 heterocycles. The van der Waals surface area contributed by atoms with Crippen molar-refractivity contribution in [2.45, 2.75) is 0 Å². The van der Waals surface area contributed by atoms with Gasteiger partial charge in [0.2, 0.25) is 5.90 Å². The summed E-state index contributed by atoms with van der Waals surface area (Å²) in [5.41, 5.74) is 3.39. The van der Waals surface area contributed by atoms with E-state index in [0.29, 0.717) is 11.6 Å². The van der Waals surface area contributed by atoms with Crippen LogP contribution < -0.4 is 4.90 Å². The summed E-state index contributed by atoms with van der Waals surface area (Å²) in [6, 6.07) is 9.87. The minimum atomic E-state index is -0.424. The molecule has 1 aliphatic heterocycles. The van der Waals surface area contributed by atoms with Crippen LogP contribution in [0.1, 0.15) is 11.1 Å². The number of hydrogen-bond donors (Lipinski definition) is 0. The van der Waals surface area contributed by atoms with Gasteiger partial charge in [0.25, 0.3) is 0 Å². The molecule has 5 heteroatoms. The van der Waals surface area contributed by atoms with E-state index in [1.165, 1.54) is 0 Å². The lowest BCUT2D eigenvalue weighted by Gasteiger charge is -2.11. The van der Waals surface area contributed by atoms with E-state index >= 15 is 0 Å². The third-order valence-corrected chi connectivity index (χ3v) is 4.01. The van der Waals surface area contributed by atoms with E-state index in [1.54, 1.807) is 23.5 Å². The molecule has 1 aromatic carbocycles. The Kier molecular flexibility index (Phi) is 4.39. The first-order chi connectivity index (χ1) is 11.1. The van der Waals surface area contributed by atoms with Gasteiger partial charge in [-0.25, -0.2) is 9.79 Å². The van der Waals surface area contributed by atoms with Gasteiger partial charge in [-0.05, 0) is 52.2 Å². The van der Waals surface area contributed by atoms with Gasteiger partial charge < -0.3 is 9.64 Å². The fourth-order valence-corrected chi connectivity index (χ4v) is 2.69. The zero-order valence-electron chi connectivity index (χ0n) is 12.9. The maximum absolute atomic E-state index is 11.9. The van der Waals surface area contributed by atoms with Crippen LogP contribution in [0.25, 0.3) is 12.2 Å². The van der Waals surface area contributed by atoms with Crippen LogP contribution in [-0.4, -0.2) is 26.0 Å². The molecule has 0 fully saturated rings. The normalized spacial score (nSPS) is 16.0. The molecule has 2 aromatic rings. The largest absolute Gasteiger partial charge is 0.403 e. The van der Waals surface area contributed by atoms with Crippen molar-refractivity contribution < 1.29 is 9.53 Å². The Morgan fingerprint density at radius 3 is 2.52 bits per heavy atom. The molecule has 0 unspecified atom stereocenters. The third-order valence-electron chi connectivity index (χ3n) is 3.31. The molecule has 0 saturated carbocycles. The van der Waals surface area contributed by atoms with Crippen LogP contribution in [0, 0.1) is 0 Å². The summed E-state index contributed by atoms with van der Waals surface area (Å²) in [6.07, 6.45) is 5.31. The molecular formula is C18H16N2O2S. The van der Waals surface area contributed by atoms with Crippen molar-refractivity contribution in [3.05, 3.63) is 64.0 Å². The van der Waals surface area contributed by atoms with Crippen LogP contribution in [0.3, 0.4) is 0 Å². The number of cyclic esters (lactones) is 1. The number of nitrogens with zero attached hydrogens (tertiary/aromatic N) is 2. The SMILES string of the molecule is CN(C)c1ccc(C=C2N=C(/C=C/c3ccsc3)OC2=O)cc1. The number of hydrogen-bond acceptors (Lipinski definition) is 5. The maximum Gasteiger partial charge on any atom is 0.363 e. The summed E-state index contributed by atoms with van der Waals surface area (Å²) in [5.74, 6) is -0.107. The second-order valence-electron chi connectivity index (χ2n) is 5.25. The van der Waals surface area contributed by atoms with Gasteiger partial charge >= 0.3 is 5.97 Å². The number of carbonyl (C=O) groups is 1. The lowest BCUT2D eigenvalue weighted by Crippen LogP contribution is -2.07. The number of ether oxygens (including phenoxy) is 1. The number of rotatable bonds is 4. The third kappa shape index (κ3) is 3.76. The standard InChI is InChI=1S/C18H16N2O2S/c1-20(2)15-6-3-13(4-7-15)11-16-18(21)22-17(19-16)8-5-14-9-10-23-12-14/h3-12H,1-2H3/b8-5+,16-11?. The maximum atomic E-state index is 11.9. The highest BCUT2D eigenvalue weighted by molar-refractivity contribution is 7.08. The summed E-state index contributed by atoms with van der Waals surface area (Å²) in [6.45, 7) is 0. The lowest BCUT2D eigenvalue weighted by atomic mass is 10.1. The predicted octanol–water partition coefficient (Wildman–Crippen LogP) is 3.82. The van der Waals surface area contributed by atoms with Crippen molar-refractivity contribution in [2.24, 2.45) is 4.99 Å². The highest BCUT2D eigenvalue weighted by atomic mass is 32.1. The molecule has 0 amide bonds. The number of aliphatic imine (C=N–C) groups is 1. The highest BCUT2D eigenvalue weighted by Gasteiger charge is 2.21. The zero-order valence-corrected chi connectivity index (χ0v) is 13.7. The molecule has 1 aliphatic rings. The summed E-state index contributed by atoms with van der Waals surface area (Å²) < 4.78 is 5.16. The van der Waals surface area contributed by atoms with Gasteiger partial charge in [0.15, 0.2) is 5.70 Å². The van der Waals surface area contributed by atoms with E-state index in [1.807, 2.05) is 66.2 Å². The fraction of sp³-hybridized carbons (Fsp3) is 0.111. The summed E-state index contributed by atoms with van der Waals surface area (Å²) >= 11 is 1.61. The smallest absolute Gasteiger partial charge is 0.363 e. The monoisotopic (exact) mass is 324 g/mol. The molecule has 0 spiro atoms. The van der Waals surface area contributed by atoms with Crippen LogP contribution in [0.4, 0.5) is 5.69 Å². The molecule has 116 valence electrons. The van der Waals surface area contributed by atoms with Gasteiger partial charge in [-0.1, -0.05) is 12.1 Å². The number of anilines is 1. The Morgan fingerprint density at radius 1 is 1.09 bits per heavy atom. The first-order valence-corrected chi connectivity index (χ1v) is 8.06. The van der Waals surface area contributed by atoms with E-state index in [-0.39, 0.29) is 0 Å². The molecule has 1 aromatic heterocycles. The highest BCUT2D eigenvalue weighted by Crippen LogP contribution is 2.19. The van der Waals surface area contributed by atoms with Gasteiger partial charge in [-0.2, -0.15) is 11.3 Å². The van der Waals surface area contributed by atoms with Crippen molar-refractivity contribution >= 4 is 41.0 Å². The van der Waals surface area contributed by atoms with Gasteiger partial charge in [0.05, 0.1) is 0 Å². The van der Waals surface area contributed by atoms with E-state index in [0.717, 1.165) is 16.8 Å². The minimum Gasteiger partial charge on any atom is -0.403 e. The predicted molar refractivity (Wildman–Crippen MR) is 95.6 cm³/mol. The zero-order chi connectivity index (χ0) is 16.2. The van der Waals surface area contributed by atoms with E-state index in [4.69, 9.17) is 4.74 Å². The van der Waals surface area contributed by atoms with Gasteiger partial charge in [0, 0.05) is 25.9 Å². The van der Waals surface area contributed by atoms with E-state index in [2.05, 4.69) is 4.99 Å². The van der Waals surface area contributed by atoms with Crippen LogP contribution in [-0.2, 0) is 9.53 Å². The van der Waals surface area contributed by atoms with Gasteiger partial charge in [0.1, 0.15) is 0 Å². The molecular weight excluding hydrogens is 308 g/mol. The number of benzene rings is 1. The van der Waals surface area contributed by atoms with Crippen molar-refractivity contribution in [1.82, 2.24) is 0 Å². The summed E-state index contributed by atoms with van der Waals surface area (Å²) in [5, 5.41) is 4.00. The number of esters is 1. The minimum absolute atomic E-state index is 0.313. The lowest BCUT2D eigenvalue weighted by molar-refractivity contribution is -0.129. The van der Waals surface area contributed by atoms with Crippen molar-refractivity contribution in [2.75, 3.05) is 19.0 Å². The quantitative estimate of drug-likeness (QED) is 0.634. The first-order valence-electron chi connectivity index (χ1n) is 7.12. The molecule has 23 heavy (non-hydrogen) atoms. The topological polar surface area (TPSA) is 41.9 Å². The Hall–Kier alpha value is -2.66. The van der Waals surface area contributed by atoms with Crippen LogP contribution in [0.15, 0.2) is 57.9 Å². The molecule has 0 bridgehead atoms. The summed E-state index contributed by atoms with van der Waals surface area (Å²) in [7, 11) is 3.97. The van der Waals surface area contributed by atoms with Crippen LogP contribution in [0.5, 0.6) is 0 Å². The van der Waals surface area contributed by atoms with E-state index in [9.17, 15) is 4.79 Å². The Balaban J connectivity index is 1.77. The average Bonchev–Trinajstić information content (AvgIpc) is 3.16. The first kappa shape index (κ1) is 15.2. The second kappa shape index (κ2) is 6.62. The number of carbonyl (C=O) groups excluding carboxylic acids is 1. The fourth-order valence-electron chi connectivity index (χ4n) is 2.06. The molecule has 0 N–H and O–H groups in total. The van der Waals surface area contributed by atoms with Crippen LogP contribution in [0.2, 0.25) is 0 Å². The molecule has 0 atom stereocenters. The second-order valence-corrected chi connectivity index (χ2v) is 6.03. The van der Waals surface area contributed by atoms with Crippen molar-refractivity contribution in [3.8, 4) is 0 Å². The Labute approximate surface area is 139 Å². The molecule has 4 nitrogen and oxygen atoms in total. The van der Waals surface area contributed by atoms with Crippen molar-refractivity contribution in [1.29, 1.82) is 0 Å². The Bertz CT molecular complexity index is 785. The summed E-state index contributed by atoms with van der Waals surface area (Å²) in [4.78, 5) is 18.1. The molecule has 3 rings (SSSR count). The number of thiophene rings is 1. The van der Waals surface area contributed by atoms with Gasteiger partial charge in [-0.15, -0.1) is 0 Å².